The largest absolute Gasteiger partial charge is 0.358 e. The average Bonchev–Trinajstić information content (AvgIpc) is 2.53. The van der Waals surface area contributed by atoms with Crippen LogP contribution in [-0.4, -0.2) is 12.0 Å². The minimum atomic E-state index is 0.0751. The number of rotatable bonds is 4. The molecule has 3 nitrogen and oxygen atoms in total. The molecule has 2 aromatic carbocycles. The number of aryl methyl sites for hydroxylation is 1. The Balaban J connectivity index is 1.92. The predicted octanol–water partition coefficient (Wildman–Crippen LogP) is 2.70. The van der Waals surface area contributed by atoms with Crippen LogP contribution in [0.5, 0.6) is 0 Å². The number of aromatic nitrogens is 1. The van der Waals surface area contributed by atoms with Crippen molar-refractivity contribution in [3.63, 3.8) is 0 Å². The van der Waals surface area contributed by atoms with Crippen molar-refractivity contribution in [2.24, 2.45) is 0 Å². The summed E-state index contributed by atoms with van der Waals surface area (Å²) < 4.78 is 0. The molecular weight excluding hydrogens is 308 g/mol. The van der Waals surface area contributed by atoms with E-state index < -0.39 is 0 Å². The topological polar surface area (TPSA) is 37.3 Å². The first kappa shape index (κ1) is 15.8. The van der Waals surface area contributed by atoms with Gasteiger partial charge in [-0.25, -0.2) is 0 Å². The summed E-state index contributed by atoms with van der Waals surface area (Å²) in [5, 5.41) is 1.24. The summed E-state index contributed by atoms with van der Waals surface area (Å²) in [5.41, 5.74) is 3.93. The molecule has 3 rings (SSSR count). The van der Waals surface area contributed by atoms with Crippen molar-refractivity contribution in [2.75, 3.05) is 7.05 Å². The highest BCUT2D eigenvalue weighted by molar-refractivity contribution is 6.31. The summed E-state index contributed by atoms with van der Waals surface area (Å²) in [6.07, 6.45) is 0. The van der Waals surface area contributed by atoms with Crippen LogP contribution in [0, 0.1) is 6.92 Å². The van der Waals surface area contributed by atoms with Gasteiger partial charge in [0.05, 0.1) is 12.6 Å². The summed E-state index contributed by atoms with van der Waals surface area (Å²) in [7, 11) is 2.11. The lowest BCUT2D eigenvalue weighted by atomic mass is 10.1. The van der Waals surface area contributed by atoms with Gasteiger partial charge in [0.25, 0.3) is 0 Å². The zero-order chi connectivity index (χ0) is 16.4. The zero-order valence-corrected chi connectivity index (χ0v) is 14.1. The highest BCUT2D eigenvalue weighted by Gasteiger charge is 2.14. The lowest BCUT2D eigenvalue weighted by Gasteiger charge is -2.16. The fourth-order valence-electron chi connectivity index (χ4n) is 2.95. The standard InChI is InChI=1S/C19H19ClN2O/c1-13-17(12-22(2)11-14-6-4-3-5-7-14)19(23)16-10-15(20)8-9-18(16)21-13/h3-10H,11-12H2,1-2H3,(H,21,23)/p+1. The molecule has 0 spiro atoms. The van der Waals surface area contributed by atoms with E-state index in [1.807, 2.05) is 31.2 Å². The Bertz CT molecular complexity index is 887. The maximum Gasteiger partial charge on any atom is 0.198 e. The number of benzene rings is 2. The number of pyridine rings is 1. The van der Waals surface area contributed by atoms with E-state index in [0.29, 0.717) is 17.0 Å². The molecule has 1 atom stereocenters. The molecule has 0 fully saturated rings. The van der Waals surface area contributed by atoms with Gasteiger partial charge in [-0.15, -0.1) is 0 Å². The SMILES string of the molecule is Cc1[nH]c2ccc(Cl)cc2c(=O)c1C[NH+](C)Cc1ccccc1. The Morgan fingerprint density at radius 1 is 1.09 bits per heavy atom. The van der Waals surface area contributed by atoms with Gasteiger partial charge < -0.3 is 9.88 Å². The molecule has 0 aliphatic heterocycles. The van der Waals surface area contributed by atoms with E-state index in [2.05, 4.69) is 24.2 Å². The Kier molecular flexibility index (Phi) is 4.51. The molecule has 0 bridgehead atoms. The second-order valence-corrected chi connectivity index (χ2v) is 6.48. The molecule has 0 radical (unpaired) electrons. The molecule has 0 saturated heterocycles. The van der Waals surface area contributed by atoms with Crippen molar-refractivity contribution < 1.29 is 4.90 Å². The zero-order valence-electron chi connectivity index (χ0n) is 13.3. The predicted molar refractivity (Wildman–Crippen MR) is 95.1 cm³/mol. The van der Waals surface area contributed by atoms with Gasteiger partial charge in [-0.05, 0) is 25.1 Å². The van der Waals surface area contributed by atoms with Gasteiger partial charge in [0, 0.05) is 27.2 Å². The van der Waals surface area contributed by atoms with Crippen LogP contribution in [-0.2, 0) is 13.1 Å². The molecule has 3 aromatic rings. The highest BCUT2D eigenvalue weighted by Crippen LogP contribution is 2.16. The van der Waals surface area contributed by atoms with Crippen LogP contribution in [0.1, 0.15) is 16.8 Å². The molecule has 1 aromatic heterocycles. The number of fused-ring (bicyclic) bond motifs is 1. The smallest absolute Gasteiger partial charge is 0.198 e. The van der Waals surface area contributed by atoms with Crippen LogP contribution in [0.25, 0.3) is 10.9 Å². The van der Waals surface area contributed by atoms with Crippen molar-refractivity contribution in [3.8, 4) is 0 Å². The van der Waals surface area contributed by atoms with E-state index in [1.165, 1.54) is 10.5 Å². The van der Waals surface area contributed by atoms with Gasteiger partial charge in [0.15, 0.2) is 5.43 Å². The maximum absolute atomic E-state index is 12.8. The number of quaternary nitrogens is 1. The second-order valence-electron chi connectivity index (χ2n) is 6.04. The quantitative estimate of drug-likeness (QED) is 0.759. The van der Waals surface area contributed by atoms with E-state index in [1.54, 1.807) is 12.1 Å². The summed E-state index contributed by atoms with van der Waals surface area (Å²) >= 11 is 6.04. The minimum Gasteiger partial charge on any atom is -0.358 e. The first-order valence-electron chi connectivity index (χ1n) is 7.71. The number of H-pyrrole nitrogens is 1. The van der Waals surface area contributed by atoms with Crippen LogP contribution >= 0.6 is 11.6 Å². The van der Waals surface area contributed by atoms with Crippen molar-refractivity contribution in [1.29, 1.82) is 0 Å². The lowest BCUT2D eigenvalue weighted by molar-refractivity contribution is -0.907. The molecule has 0 aliphatic rings. The number of nitrogens with one attached hydrogen (secondary N) is 2. The first-order chi connectivity index (χ1) is 11.0. The van der Waals surface area contributed by atoms with E-state index in [4.69, 9.17) is 11.6 Å². The molecule has 1 heterocycles. The molecule has 0 aliphatic carbocycles. The first-order valence-corrected chi connectivity index (χ1v) is 8.08. The maximum atomic E-state index is 12.8. The van der Waals surface area contributed by atoms with E-state index >= 15 is 0 Å². The van der Waals surface area contributed by atoms with Crippen molar-refractivity contribution >= 4 is 22.5 Å². The van der Waals surface area contributed by atoms with Crippen LogP contribution in [0.2, 0.25) is 5.02 Å². The Morgan fingerprint density at radius 3 is 2.57 bits per heavy atom. The second kappa shape index (κ2) is 6.57. The Hall–Kier alpha value is -2.10. The fraction of sp³-hybridized carbons (Fsp3) is 0.211. The van der Waals surface area contributed by atoms with Crippen LogP contribution in [0.3, 0.4) is 0 Å². The summed E-state index contributed by atoms with van der Waals surface area (Å²) in [5.74, 6) is 0. The molecule has 23 heavy (non-hydrogen) atoms. The third-order valence-electron chi connectivity index (χ3n) is 4.10. The molecule has 0 amide bonds. The number of hydrogen-bond donors (Lipinski definition) is 2. The van der Waals surface area contributed by atoms with E-state index in [-0.39, 0.29) is 5.43 Å². The molecule has 118 valence electrons. The van der Waals surface area contributed by atoms with Gasteiger partial charge in [-0.1, -0.05) is 41.9 Å². The Labute approximate surface area is 140 Å². The summed E-state index contributed by atoms with van der Waals surface area (Å²) in [6.45, 7) is 3.52. The molecule has 4 heteroatoms. The van der Waals surface area contributed by atoms with Crippen LogP contribution in [0.4, 0.5) is 0 Å². The fourth-order valence-corrected chi connectivity index (χ4v) is 3.12. The van der Waals surface area contributed by atoms with Gasteiger partial charge in [0.1, 0.15) is 13.1 Å². The van der Waals surface area contributed by atoms with Gasteiger partial charge in [-0.2, -0.15) is 0 Å². The van der Waals surface area contributed by atoms with Gasteiger partial charge in [0.2, 0.25) is 0 Å². The van der Waals surface area contributed by atoms with Crippen LogP contribution < -0.4 is 10.3 Å². The van der Waals surface area contributed by atoms with Gasteiger partial charge >= 0.3 is 0 Å². The third-order valence-corrected chi connectivity index (χ3v) is 4.34. The number of aromatic amines is 1. The molecular formula is C19H20ClN2O+. The van der Waals surface area contributed by atoms with E-state index in [0.717, 1.165) is 23.3 Å². The average molecular weight is 328 g/mol. The van der Waals surface area contributed by atoms with Crippen molar-refractivity contribution in [1.82, 2.24) is 4.98 Å². The summed E-state index contributed by atoms with van der Waals surface area (Å²) in [4.78, 5) is 17.4. The number of hydrogen-bond acceptors (Lipinski definition) is 1. The lowest BCUT2D eigenvalue weighted by Crippen LogP contribution is -3.06. The minimum absolute atomic E-state index is 0.0751. The normalized spacial score (nSPS) is 12.5. The molecule has 1 unspecified atom stereocenters. The number of halogens is 1. The van der Waals surface area contributed by atoms with Crippen molar-refractivity contribution in [3.05, 3.63) is 80.6 Å². The Morgan fingerprint density at radius 2 is 1.83 bits per heavy atom. The van der Waals surface area contributed by atoms with E-state index in [9.17, 15) is 4.79 Å². The third kappa shape index (κ3) is 3.46. The van der Waals surface area contributed by atoms with Gasteiger partial charge in [-0.3, -0.25) is 4.79 Å². The summed E-state index contributed by atoms with van der Waals surface area (Å²) in [6, 6.07) is 15.7. The van der Waals surface area contributed by atoms with Crippen molar-refractivity contribution in [2.45, 2.75) is 20.0 Å². The molecule has 2 N–H and O–H groups in total. The highest BCUT2D eigenvalue weighted by atomic mass is 35.5. The van der Waals surface area contributed by atoms with Crippen LogP contribution in [0.15, 0.2) is 53.3 Å². The monoisotopic (exact) mass is 327 g/mol. The molecule has 0 saturated carbocycles.